The maximum atomic E-state index is 12.9. The van der Waals surface area contributed by atoms with Crippen LogP contribution in [0.2, 0.25) is 0 Å². The van der Waals surface area contributed by atoms with Crippen LogP contribution in [0, 0.1) is 11.7 Å². The van der Waals surface area contributed by atoms with Crippen LogP contribution in [-0.2, 0) is 4.79 Å². The van der Waals surface area contributed by atoms with Gasteiger partial charge in [0.05, 0.1) is 5.56 Å². The summed E-state index contributed by atoms with van der Waals surface area (Å²) in [5.41, 5.74) is 2.09. The van der Waals surface area contributed by atoms with Gasteiger partial charge >= 0.3 is 5.97 Å². The highest BCUT2D eigenvalue weighted by atomic mass is 19.1. The highest BCUT2D eigenvalue weighted by Gasteiger charge is 2.24. The van der Waals surface area contributed by atoms with Crippen LogP contribution < -0.4 is 5.32 Å². The van der Waals surface area contributed by atoms with Crippen molar-refractivity contribution in [2.45, 2.75) is 38.0 Å². The number of benzene rings is 2. The van der Waals surface area contributed by atoms with Gasteiger partial charge in [-0.25, -0.2) is 9.18 Å². The van der Waals surface area contributed by atoms with E-state index in [0.717, 1.165) is 25.7 Å². The van der Waals surface area contributed by atoms with Gasteiger partial charge in [-0.1, -0.05) is 12.1 Å². The third-order valence-electron chi connectivity index (χ3n) is 5.08. The van der Waals surface area contributed by atoms with Crippen molar-refractivity contribution in [2.24, 2.45) is 5.92 Å². The molecule has 0 saturated heterocycles. The quantitative estimate of drug-likeness (QED) is 0.807. The lowest BCUT2D eigenvalue weighted by molar-refractivity contribution is -0.117. The second-order valence-corrected chi connectivity index (χ2v) is 6.90. The molecule has 1 amide bonds. The van der Waals surface area contributed by atoms with Crippen LogP contribution in [0.1, 0.15) is 53.9 Å². The molecule has 0 aromatic heterocycles. The number of hydrogen-bond donors (Lipinski definition) is 2. The predicted molar refractivity (Wildman–Crippen MR) is 97.7 cm³/mol. The minimum Gasteiger partial charge on any atom is -0.478 e. The zero-order valence-corrected chi connectivity index (χ0v) is 14.5. The summed E-state index contributed by atoms with van der Waals surface area (Å²) in [6.45, 7) is 0. The lowest BCUT2D eigenvalue weighted by atomic mass is 9.77. The molecule has 1 saturated carbocycles. The molecule has 2 aromatic rings. The second-order valence-electron chi connectivity index (χ2n) is 6.90. The number of amides is 1. The molecule has 0 bridgehead atoms. The van der Waals surface area contributed by atoms with Crippen molar-refractivity contribution in [3.05, 3.63) is 65.5 Å². The Morgan fingerprint density at radius 1 is 0.962 bits per heavy atom. The molecule has 5 heteroatoms. The van der Waals surface area contributed by atoms with Gasteiger partial charge in [0.2, 0.25) is 5.91 Å². The maximum Gasteiger partial charge on any atom is 0.335 e. The van der Waals surface area contributed by atoms with Gasteiger partial charge in [-0.2, -0.15) is 0 Å². The van der Waals surface area contributed by atoms with Gasteiger partial charge in [0.25, 0.3) is 0 Å². The van der Waals surface area contributed by atoms with E-state index in [9.17, 15) is 14.0 Å². The lowest BCUT2D eigenvalue weighted by Crippen LogP contribution is -2.20. The highest BCUT2D eigenvalue weighted by Crippen LogP contribution is 2.37. The van der Waals surface area contributed by atoms with Crippen LogP contribution in [0.4, 0.5) is 10.1 Å². The average molecular weight is 355 g/mol. The zero-order chi connectivity index (χ0) is 18.5. The first-order valence-corrected chi connectivity index (χ1v) is 8.90. The molecule has 136 valence electrons. The molecular formula is C21H22FNO3. The van der Waals surface area contributed by atoms with E-state index in [1.54, 1.807) is 24.3 Å². The Labute approximate surface area is 152 Å². The van der Waals surface area contributed by atoms with Crippen LogP contribution in [-0.4, -0.2) is 17.0 Å². The zero-order valence-electron chi connectivity index (χ0n) is 14.5. The lowest BCUT2D eigenvalue weighted by Gasteiger charge is -2.28. The Hall–Kier alpha value is -2.69. The number of carbonyl (C=O) groups excluding carboxylic acids is 1. The average Bonchev–Trinajstić information content (AvgIpc) is 2.64. The summed E-state index contributed by atoms with van der Waals surface area (Å²) in [6, 6.07) is 12.9. The number of rotatable bonds is 5. The topological polar surface area (TPSA) is 66.4 Å². The minimum absolute atomic E-state index is 0.0362. The van der Waals surface area contributed by atoms with E-state index in [2.05, 4.69) is 5.32 Å². The highest BCUT2D eigenvalue weighted by molar-refractivity contribution is 5.90. The first-order valence-electron chi connectivity index (χ1n) is 8.90. The number of nitrogens with one attached hydrogen (secondary N) is 1. The van der Waals surface area contributed by atoms with Gasteiger partial charge in [0, 0.05) is 12.1 Å². The van der Waals surface area contributed by atoms with Crippen LogP contribution in [0.25, 0.3) is 0 Å². The Bertz CT molecular complexity index is 763. The summed E-state index contributed by atoms with van der Waals surface area (Å²) in [5.74, 6) is -0.491. The molecule has 2 N–H and O–H groups in total. The standard InChI is InChI=1S/C21H22FNO3/c22-18-9-11-19(12-10-18)23-20(24)13-14-1-3-15(4-2-14)16-5-7-17(8-6-16)21(25)26/h5-12,14-15H,1-4,13H2,(H,23,24)(H,25,26)/t14-,15-. The van der Waals surface area contributed by atoms with E-state index in [-0.39, 0.29) is 11.7 Å². The molecule has 1 aliphatic rings. The molecule has 26 heavy (non-hydrogen) atoms. The first kappa shape index (κ1) is 18.1. The summed E-state index contributed by atoms with van der Waals surface area (Å²) in [4.78, 5) is 23.1. The molecule has 2 aromatic carbocycles. The fourth-order valence-corrected chi connectivity index (χ4v) is 3.61. The van der Waals surface area contributed by atoms with E-state index in [1.165, 1.54) is 17.7 Å². The maximum absolute atomic E-state index is 12.9. The molecule has 0 aliphatic heterocycles. The number of hydrogen-bond acceptors (Lipinski definition) is 2. The van der Waals surface area contributed by atoms with E-state index in [0.29, 0.717) is 29.5 Å². The van der Waals surface area contributed by atoms with Gasteiger partial charge in [0.1, 0.15) is 5.82 Å². The van der Waals surface area contributed by atoms with Crippen molar-refractivity contribution in [1.29, 1.82) is 0 Å². The smallest absolute Gasteiger partial charge is 0.335 e. The summed E-state index contributed by atoms with van der Waals surface area (Å²) in [5, 5.41) is 11.8. The molecule has 4 nitrogen and oxygen atoms in total. The van der Waals surface area contributed by atoms with E-state index >= 15 is 0 Å². The predicted octanol–water partition coefficient (Wildman–Crippen LogP) is 4.83. The molecule has 0 atom stereocenters. The molecule has 0 unspecified atom stereocenters. The Morgan fingerprint density at radius 3 is 2.15 bits per heavy atom. The second kappa shape index (κ2) is 8.13. The van der Waals surface area contributed by atoms with Crippen LogP contribution >= 0.6 is 0 Å². The van der Waals surface area contributed by atoms with Crippen molar-refractivity contribution < 1.29 is 19.1 Å². The van der Waals surface area contributed by atoms with Gasteiger partial charge in [0.15, 0.2) is 0 Å². The van der Waals surface area contributed by atoms with E-state index in [1.807, 2.05) is 12.1 Å². The largest absolute Gasteiger partial charge is 0.478 e. The number of anilines is 1. The monoisotopic (exact) mass is 355 g/mol. The van der Waals surface area contributed by atoms with E-state index in [4.69, 9.17) is 5.11 Å². The molecule has 3 rings (SSSR count). The fraction of sp³-hybridized carbons (Fsp3) is 0.333. The van der Waals surface area contributed by atoms with Gasteiger partial charge in [-0.15, -0.1) is 0 Å². The Kier molecular flexibility index (Phi) is 5.66. The molecule has 0 spiro atoms. The summed E-state index contributed by atoms with van der Waals surface area (Å²) >= 11 is 0. The third-order valence-corrected chi connectivity index (χ3v) is 5.08. The van der Waals surface area contributed by atoms with Gasteiger partial charge < -0.3 is 10.4 Å². The third kappa shape index (κ3) is 4.69. The summed E-state index contributed by atoms with van der Waals surface area (Å²) < 4.78 is 12.9. The molecule has 1 aliphatic carbocycles. The number of carboxylic acid groups (broad SMARTS) is 1. The van der Waals surface area contributed by atoms with Crippen molar-refractivity contribution in [2.75, 3.05) is 5.32 Å². The fourth-order valence-electron chi connectivity index (χ4n) is 3.61. The van der Waals surface area contributed by atoms with E-state index < -0.39 is 5.97 Å². The van der Waals surface area contributed by atoms with Crippen LogP contribution in [0.15, 0.2) is 48.5 Å². The Morgan fingerprint density at radius 2 is 1.58 bits per heavy atom. The normalized spacial score (nSPS) is 19.7. The van der Waals surface area contributed by atoms with Crippen molar-refractivity contribution in [1.82, 2.24) is 0 Å². The summed E-state index contributed by atoms with van der Waals surface area (Å²) in [6.07, 6.45) is 4.42. The number of carboxylic acids is 1. The summed E-state index contributed by atoms with van der Waals surface area (Å²) in [7, 11) is 0. The van der Waals surface area contributed by atoms with Crippen molar-refractivity contribution in [3.8, 4) is 0 Å². The molecular weight excluding hydrogens is 333 g/mol. The van der Waals surface area contributed by atoms with Crippen molar-refractivity contribution >= 4 is 17.6 Å². The van der Waals surface area contributed by atoms with Crippen molar-refractivity contribution in [3.63, 3.8) is 0 Å². The SMILES string of the molecule is O=C(C[C@H]1CC[C@H](c2ccc(C(=O)O)cc2)CC1)Nc1ccc(F)cc1. The van der Waals surface area contributed by atoms with Gasteiger partial charge in [-0.05, 0) is 79.5 Å². The first-order chi connectivity index (χ1) is 12.5. The number of carbonyl (C=O) groups is 2. The molecule has 0 radical (unpaired) electrons. The minimum atomic E-state index is -0.910. The Balaban J connectivity index is 1.48. The van der Waals surface area contributed by atoms with Crippen LogP contribution in [0.3, 0.4) is 0 Å². The molecule has 1 fully saturated rings. The van der Waals surface area contributed by atoms with Crippen LogP contribution in [0.5, 0.6) is 0 Å². The molecule has 0 heterocycles. The number of halogens is 1. The van der Waals surface area contributed by atoms with Gasteiger partial charge in [-0.3, -0.25) is 4.79 Å². The number of aromatic carboxylic acids is 1.